The van der Waals surface area contributed by atoms with Crippen LogP contribution in [0.2, 0.25) is 0 Å². The molecule has 1 aliphatic rings. The van der Waals surface area contributed by atoms with Crippen molar-refractivity contribution in [1.82, 2.24) is 20.2 Å². The number of aliphatic hydroxyl groups excluding tert-OH is 1. The van der Waals surface area contributed by atoms with Crippen molar-refractivity contribution in [2.75, 3.05) is 19.6 Å². The van der Waals surface area contributed by atoms with E-state index in [9.17, 15) is 14.7 Å². The summed E-state index contributed by atoms with van der Waals surface area (Å²) in [4.78, 5) is 28.4. The van der Waals surface area contributed by atoms with Crippen LogP contribution in [0.15, 0.2) is 35.4 Å². The predicted octanol–water partition coefficient (Wildman–Crippen LogP) is -0.907. The molecule has 1 aromatic carbocycles. The average Bonchev–Trinajstić information content (AvgIpc) is 2.93. The Morgan fingerprint density at radius 2 is 2.23 bits per heavy atom. The maximum Gasteiger partial charge on any atom is 0.261 e. The van der Waals surface area contributed by atoms with Gasteiger partial charge in [-0.25, -0.2) is 4.98 Å². The van der Waals surface area contributed by atoms with E-state index >= 15 is 0 Å². The lowest BCUT2D eigenvalue weighted by Gasteiger charge is -2.14. The Balaban J connectivity index is 1.66. The van der Waals surface area contributed by atoms with Gasteiger partial charge >= 0.3 is 0 Å². The molecule has 3 N–H and O–H groups in total. The third-order valence-corrected chi connectivity index (χ3v) is 3.91. The van der Waals surface area contributed by atoms with Crippen molar-refractivity contribution >= 4 is 16.8 Å². The van der Waals surface area contributed by atoms with Crippen LogP contribution in [-0.2, 0) is 11.3 Å². The molecule has 0 bridgehead atoms. The summed E-state index contributed by atoms with van der Waals surface area (Å²) in [6.07, 6.45) is 0.946. The van der Waals surface area contributed by atoms with Crippen molar-refractivity contribution in [3.8, 4) is 0 Å². The number of carbonyl (C=O) groups excluding carboxylic acids is 1. The zero-order chi connectivity index (χ0) is 15.5. The number of nitrogens with one attached hydrogen (secondary N) is 2. The normalized spacial score (nSPS) is 21.1. The van der Waals surface area contributed by atoms with Crippen LogP contribution in [0.25, 0.3) is 10.9 Å². The Bertz CT molecular complexity index is 743. The Kier molecular flexibility index (Phi) is 4.17. The molecule has 1 amide bonds. The fraction of sp³-hybridized carbons (Fsp3) is 0.400. The first-order valence-electron chi connectivity index (χ1n) is 7.25. The fourth-order valence-corrected chi connectivity index (χ4v) is 2.60. The number of amides is 1. The summed E-state index contributed by atoms with van der Waals surface area (Å²) in [6.45, 7) is 1.54. The lowest BCUT2D eigenvalue weighted by Crippen LogP contribution is -2.37. The van der Waals surface area contributed by atoms with Gasteiger partial charge in [0, 0.05) is 25.6 Å². The molecule has 0 radical (unpaired) electrons. The van der Waals surface area contributed by atoms with E-state index in [2.05, 4.69) is 15.6 Å². The van der Waals surface area contributed by atoms with Crippen LogP contribution in [0, 0.1) is 5.92 Å². The van der Waals surface area contributed by atoms with Gasteiger partial charge in [-0.05, 0) is 12.1 Å². The predicted molar refractivity (Wildman–Crippen MR) is 81.4 cm³/mol. The summed E-state index contributed by atoms with van der Waals surface area (Å²) in [5.41, 5.74) is 0.382. The van der Waals surface area contributed by atoms with Crippen molar-refractivity contribution in [3.05, 3.63) is 40.9 Å². The first kappa shape index (κ1) is 14.7. The van der Waals surface area contributed by atoms with E-state index < -0.39 is 6.10 Å². The average molecular weight is 302 g/mol. The van der Waals surface area contributed by atoms with E-state index in [1.165, 1.54) is 10.9 Å². The van der Waals surface area contributed by atoms with E-state index in [-0.39, 0.29) is 23.9 Å². The molecule has 2 unspecified atom stereocenters. The van der Waals surface area contributed by atoms with Gasteiger partial charge in [-0.2, -0.15) is 0 Å². The van der Waals surface area contributed by atoms with Crippen LogP contribution in [-0.4, -0.2) is 46.3 Å². The maximum absolute atomic E-state index is 12.3. The fourth-order valence-electron chi connectivity index (χ4n) is 2.60. The number of aromatic nitrogens is 2. The largest absolute Gasteiger partial charge is 0.391 e. The molecule has 1 aromatic heterocycles. The second-order valence-corrected chi connectivity index (χ2v) is 5.48. The van der Waals surface area contributed by atoms with Crippen molar-refractivity contribution in [2.45, 2.75) is 12.6 Å². The topological polar surface area (TPSA) is 96.2 Å². The number of fused-ring (bicyclic) bond motifs is 1. The number of hydrogen-bond donors (Lipinski definition) is 3. The first-order chi connectivity index (χ1) is 10.6. The second kappa shape index (κ2) is 6.25. The molecule has 22 heavy (non-hydrogen) atoms. The van der Waals surface area contributed by atoms with Crippen molar-refractivity contribution in [2.24, 2.45) is 5.92 Å². The maximum atomic E-state index is 12.3. The molecule has 0 aliphatic carbocycles. The monoisotopic (exact) mass is 302 g/mol. The SMILES string of the molecule is O=C(Cn1cnc2ccccc2c1=O)NCC1CNCC1O. The minimum Gasteiger partial charge on any atom is -0.391 e. The minimum absolute atomic E-state index is 0.00963. The zero-order valence-electron chi connectivity index (χ0n) is 12.0. The van der Waals surface area contributed by atoms with Gasteiger partial charge in [-0.3, -0.25) is 14.2 Å². The number of aliphatic hydroxyl groups is 1. The molecule has 3 rings (SSSR count). The lowest BCUT2D eigenvalue weighted by molar-refractivity contribution is -0.122. The summed E-state index contributed by atoms with van der Waals surface area (Å²) in [5.74, 6) is -0.256. The Labute approximate surface area is 127 Å². The second-order valence-electron chi connectivity index (χ2n) is 5.48. The highest BCUT2D eigenvalue weighted by Gasteiger charge is 2.25. The van der Waals surface area contributed by atoms with Crippen LogP contribution in [0.1, 0.15) is 0 Å². The number of hydrogen-bond acceptors (Lipinski definition) is 5. The standard InChI is InChI=1S/C15H18N4O3/c20-13-7-16-5-10(13)6-17-14(21)8-19-9-18-12-4-2-1-3-11(12)15(19)22/h1-4,9-10,13,16,20H,5-8H2,(H,17,21). The highest BCUT2D eigenvalue weighted by molar-refractivity contribution is 5.78. The molecule has 116 valence electrons. The van der Waals surface area contributed by atoms with E-state index in [1.807, 2.05) is 6.07 Å². The van der Waals surface area contributed by atoms with Crippen LogP contribution >= 0.6 is 0 Å². The van der Waals surface area contributed by atoms with E-state index in [4.69, 9.17) is 0 Å². The minimum atomic E-state index is -0.439. The molecule has 1 fully saturated rings. The van der Waals surface area contributed by atoms with Crippen LogP contribution in [0.3, 0.4) is 0 Å². The number of nitrogens with zero attached hydrogens (tertiary/aromatic N) is 2. The van der Waals surface area contributed by atoms with Gasteiger partial charge in [-0.1, -0.05) is 12.1 Å². The van der Waals surface area contributed by atoms with Crippen LogP contribution < -0.4 is 16.2 Å². The molecule has 2 heterocycles. The molecule has 1 aliphatic heterocycles. The van der Waals surface area contributed by atoms with Crippen molar-refractivity contribution < 1.29 is 9.90 Å². The van der Waals surface area contributed by atoms with Crippen LogP contribution in [0.4, 0.5) is 0 Å². The smallest absolute Gasteiger partial charge is 0.261 e. The van der Waals surface area contributed by atoms with Crippen molar-refractivity contribution in [3.63, 3.8) is 0 Å². The van der Waals surface area contributed by atoms with Gasteiger partial charge in [-0.15, -0.1) is 0 Å². The van der Waals surface area contributed by atoms with Crippen molar-refractivity contribution in [1.29, 1.82) is 0 Å². The third kappa shape index (κ3) is 3.00. The molecule has 1 saturated heterocycles. The molecule has 2 aromatic rings. The summed E-state index contributed by atoms with van der Waals surface area (Å²) in [5, 5.41) is 16.0. The Hall–Kier alpha value is -2.25. The third-order valence-electron chi connectivity index (χ3n) is 3.91. The first-order valence-corrected chi connectivity index (χ1v) is 7.25. The van der Waals surface area contributed by atoms with E-state index in [0.29, 0.717) is 30.5 Å². The Morgan fingerprint density at radius 3 is 3.00 bits per heavy atom. The highest BCUT2D eigenvalue weighted by atomic mass is 16.3. The Morgan fingerprint density at radius 1 is 1.41 bits per heavy atom. The lowest BCUT2D eigenvalue weighted by atomic mass is 10.1. The molecule has 7 heteroatoms. The van der Waals surface area contributed by atoms with E-state index in [1.54, 1.807) is 18.2 Å². The van der Waals surface area contributed by atoms with E-state index in [0.717, 1.165) is 0 Å². The number of carbonyl (C=O) groups is 1. The van der Waals surface area contributed by atoms with Gasteiger partial charge in [0.1, 0.15) is 6.54 Å². The molecule has 2 atom stereocenters. The molecule has 0 saturated carbocycles. The number of rotatable bonds is 4. The number of β-amino-alcohol motifs (C(OH)–C–C–N with tert-alkyl or cyclic N) is 1. The molecule has 7 nitrogen and oxygen atoms in total. The van der Waals surface area contributed by atoms with Gasteiger partial charge < -0.3 is 15.7 Å². The number of benzene rings is 1. The zero-order valence-corrected chi connectivity index (χ0v) is 12.0. The van der Waals surface area contributed by atoms with Crippen LogP contribution in [0.5, 0.6) is 0 Å². The number of para-hydroxylation sites is 1. The summed E-state index contributed by atoms with van der Waals surface area (Å²) in [7, 11) is 0. The van der Waals surface area contributed by atoms with Gasteiger partial charge in [0.25, 0.3) is 5.56 Å². The summed E-state index contributed by atoms with van der Waals surface area (Å²) < 4.78 is 1.29. The van der Waals surface area contributed by atoms with Gasteiger partial charge in [0.15, 0.2) is 0 Å². The summed E-state index contributed by atoms with van der Waals surface area (Å²) >= 11 is 0. The quantitative estimate of drug-likeness (QED) is 0.680. The summed E-state index contributed by atoms with van der Waals surface area (Å²) in [6, 6.07) is 7.03. The highest BCUT2D eigenvalue weighted by Crippen LogP contribution is 2.07. The molecule has 0 spiro atoms. The van der Waals surface area contributed by atoms with Gasteiger partial charge in [0.2, 0.25) is 5.91 Å². The molecular weight excluding hydrogens is 284 g/mol. The molecular formula is C15H18N4O3. The van der Waals surface area contributed by atoms with Gasteiger partial charge in [0.05, 0.1) is 23.3 Å².